The molecular weight excluding hydrogens is 501 g/mol. The van der Waals surface area contributed by atoms with Crippen molar-refractivity contribution < 1.29 is 0 Å². The van der Waals surface area contributed by atoms with Crippen LogP contribution in [0.2, 0.25) is 0 Å². The van der Waals surface area contributed by atoms with E-state index in [-0.39, 0.29) is 24.0 Å². The van der Waals surface area contributed by atoms with Crippen LogP contribution in [0.25, 0.3) is 11.4 Å². The van der Waals surface area contributed by atoms with Crippen LogP contribution in [-0.4, -0.2) is 52.7 Å². The Morgan fingerprint density at radius 2 is 1.90 bits per heavy atom. The van der Waals surface area contributed by atoms with Crippen molar-refractivity contribution in [2.75, 3.05) is 26.7 Å². The SMILES string of the molecule is CN=C(NCc1cccc(-c2ncn[nH]2)c1)NCC(c1ccccc1)N1CCCC1.I. The molecule has 2 aromatic carbocycles. The van der Waals surface area contributed by atoms with Crippen molar-refractivity contribution in [3.05, 3.63) is 72.1 Å². The molecule has 1 aromatic heterocycles. The summed E-state index contributed by atoms with van der Waals surface area (Å²) < 4.78 is 0. The molecule has 1 fully saturated rings. The highest BCUT2D eigenvalue weighted by atomic mass is 127. The fourth-order valence-electron chi connectivity index (χ4n) is 3.96. The lowest BCUT2D eigenvalue weighted by Gasteiger charge is -2.29. The number of likely N-dealkylation sites (tertiary alicyclic amines) is 1. The molecule has 3 N–H and O–H groups in total. The maximum Gasteiger partial charge on any atom is 0.191 e. The summed E-state index contributed by atoms with van der Waals surface area (Å²) in [5.41, 5.74) is 3.53. The molecular formula is C23H30IN7. The van der Waals surface area contributed by atoms with Gasteiger partial charge >= 0.3 is 0 Å². The summed E-state index contributed by atoms with van der Waals surface area (Å²) in [7, 11) is 1.81. The average molecular weight is 531 g/mol. The molecule has 0 radical (unpaired) electrons. The second kappa shape index (κ2) is 11.8. The molecule has 164 valence electrons. The molecule has 1 atom stereocenters. The number of aromatic nitrogens is 3. The Morgan fingerprint density at radius 1 is 1.10 bits per heavy atom. The van der Waals surface area contributed by atoms with E-state index in [2.05, 4.69) is 78.2 Å². The molecule has 2 heterocycles. The number of hydrogen-bond acceptors (Lipinski definition) is 4. The third-order valence-corrected chi connectivity index (χ3v) is 5.53. The maximum absolute atomic E-state index is 4.42. The molecule has 4 rings (SSSR count). The van der Waals surface area contributed by atoms with Gasteiger partial charge in [-0.1, -0.05) is 48.5 Å². The molecule has 0 aliphatic carbocycles. The highest BCUT2D eigenvalue weighted by Crippen LogP contribution is 2.24. The number of rotatable bonds is 7. The van der Waals surface area contributed by atoms with Gasteiger partial charge in [0.25, 0.3) is 0 Å². The smallest absolute Gasteiger partial charge is 0.191 e. The summed E-state index contributed by atoms with van der Waals surface area (Å²) in [4.78, 5) is 11.2. The van der Waals surface area contributed by atoms with Gasteiger partial charge in [-0.05, 0) is 43.1 Å². The minimum atomic E-state index is 0. The van der Waals surface area contributed by atoms with Crippen LogP contribution in [0.1, 0.15) is 30.0 Å². The van der Waals surface area contributed by atoms with Gasteiger partial charge < -0.3 is 10.6 Å². The summed E-state index contributed by atoms with van der Waals surface area (Å²) in [5.74, 6) is 1.58. The van der Waals surface area contributed by atoms with Crippen molar-refractivity contribution in [1.82, 2.24) is 30.7 Å². The first-order valence-electron chi connectivity index (χ1n) is 10.5. The molecule has 8 heteroatoms. The minimum Gasteiger partial charge on any atom is -0.354 e. The predicted molar refractivity (Wildman–Crippen MR) is 135 cm³/mol. The number of aliphatic imine (C=N–C) groups is 1. The number of nitrogens with zero attached hydrogens (tertiary/aromatic N) is 4. The van der Waals surface area contributed by atoms with E-state index in [0.717, 1.165) is 42.5 Å². The van der Waals surface area contributed by atoms with E-state index in [4.69, 9.17) is 0 Å². The predicted octanol–water partition coefficient (Wildman–Crippen LogP) is 3.59. The molecule has 7 nitrogen and oxygen atoms in total. The van der Waals surface area contributed by atoms with E-state index in [0.29, 0.717) is 12.6 Å². The minimum absolute atomic E-state index is 0. The molecule has 1 saturated heterocycles. The normalized spacial score (nSPS) is 15.3. The molecule has 0 bridgehead atoms. The van der Waals surface area contributed by atoms with Crippen molar-refractivity contribution >= 4 is 29.9 Å². The number of H-pyrrole nitrogens is 1. The van der Waals surface area contributed by atoms with Crippen LogP contribution in [-0.2, 0) is 6.54 Å². The lowest BCUT2D eigenvalue weighted by molar-refractivity contribution is 0.245. The largest absolute Gasteiger partial charge is 0.354 e. The first-order chi connectivity index (χ1) is 14.8. The quantitative estimate of drug-likeness (QED) is 0.247. The molecule has 0 saturated carbocycles. The van der Waals surface area contributed by atoms with Crippen LogP contribution in [0.4, 0.5) is 0 Å². The molecule has 3 aromatic rings. The second-order valence-electron chi connectivity index (χ2n) is 7.51. The number of halogens is 1. The van der Waals surface area contributed by atoms with Gasteiger partial charge in [-0.2, -0.15) is 5.10 Å². The van der Waals surface area contributed by atoms with Crippen LogP contribution in [0.15, 0.2) is 65.9 Å². The van der Waals surface area contributed by atoms with E-state index >= 15 is 0 Å². The summed E-state index contributed by atoms with van der Waals surface area (Å²) >= 11 is 0. The number of aromatic amines is 1. The zero-order valence-corrected chi connectivity index (χ0v) is 20.1. The molecule has 1 aliphatic rings. The van der Waals surface area contributed by atoms with E-state index in [1.54, 1.807) is 0 Å². The van der Waals surface area contributed by atoms with Crippen molar-refractivity contribution in [3.63, 3.8) is 0 Å². The van der Waals surface area contributed by atoms with Gasteiger partial charge in [0.2, 0.25) is 0 Å². The summed E-state index contributed by atoms with van der Waals surface area (Å²) in [6, 6.07) is 19.4. The Balaban J connectivity index is 0.00000272. The Bertz CT molecular complexity index is 938. The molecule has 0 amide bonds. The monoisotopic (exact) mass is 531 g/mol. The Labute approximate surface area is 200 Å². The third kappa shape index (κ3) is 6.27. The van der Waals surface area contributed by atoms with Gasteiger partial charge in [0.1, 0.15) is 6.33 Å². The van der Waals surface area contributed by atoms with Gasteiger partial charge in [-0.25, -0.2) is 4.98 Å². The zero-order valence-electron chi connectivity index (χ0n) is 17.8. The van der Waals surface area contributed by atoms with Gasteiger partial charge in [0.05, 0.1) is 6.04 Å². The van der Waals surface area contributed by atoms with Gasteiger partial charge in [0.15, 0.2) is 11.8 Å². The highest BCUT2D eigenvalue weighted by molar-refractivity contribution is 14.0. The van der Waals surface area contributed by atoms with Gasteiger partial charge in [0, 0.05) is 25.7 Å². The topological polar surface area (TPSA) is 81.2 Å². The fourth-order valence-corrected chi connectivity index (χ4v) is 3.96. The van der Waals surface area contributed by atoms with Crippen LogP contribution in [0.3, 0.4) is 0 Å². The first-order valence-corrected chi connectivity index (χ1v) is 10.5. The number of nitrogens with one attached hydrogen (secondary N) is 3. The molecule has 1 unspecified atom stereocenters. The number of hydrogen-bond donors (Lipinski definition) is 3. The van der Waals surface area contributed by atoms with E-state index in [1.807, 2.05) is 19.2 Å². The van der Waals surface area contributed by atoms with Gasteiger partial charge in [-0.15, -0.1) is 24.0 Å². The van der Waals surface area contributed by atoms with E-state index < -0.39 is 0 Å². The standard InChI is InChI=1S/C23H29N7.HI/c1-24-23(25-15-18-8-7-11-20(14-18)22-27-17-28-29-22)26-16-21(30-12-5-6-13-30)19-9-3-2-4-10-19;/h2-4,7-11,14,17,21H,5-6,12-13,15-16H2,1H3,(H2,24,25,26)(H,27,28,29);1H. The zero-order chi connectivity index (χ0) is 20.6. The Hall–Kier alpha value is -2.46. The number of benzene rings is 2. The van der Waals surface area contributed by atoms with Crippen LogP contribution >= 0.6 is 24.0 Å². The van der Waals surface area contributed by atoms with Crippen molar-refractivity contribution in [2.45, 2.75) is 25.4 Å². The average Bonchev–Trinajstić information content (AvgIpc) is 3.52. The Kier molecular flexibility index (Phi) is 8.84. The highest BCUT2D eigenvalue weighted by Gasteiger charge is 2.23. The second-order valence-corrected chi connectivity index (χ2v) is 7.51. The summed E-state index contributed by atoms with van der Waals surface area (Å²) in [6.07, 6.45) is 4.07. The fraction of sp³-hybridized carbons (Fsp3) is 0.348. The van der Waals surface area contributed by atoms with Crippen LogP contribution in [0, 0.1) is 0 Å². The first kappa shape index (κ1) is 23.2. The van der Waals surface area contributed by atoms with Crippen LogP contribution < -0.4 is 10.6 Å². The lowest BCUT2D eigenvalue weighted by Crippen LogP contribution is -2.42. The molecule has 0 spiro atoms. The van der Waals surface area contributed by atoms with Crippen molar-refractivity contribution in [3.8, 4) is 11.4 Å². The third-order valence-electron chi connectivity index (χ3n) is 5.53. The summed E-state index contributed by atoms with van der Waals surface area (Å²) in [5, 5.41) is 13.8. The molecule has 1 aliphatic heterocycles. The van der Waals surface area contributed by atoms with Crippen molar-refractivity contribution in [1.29, 1.82) is 0 Å². The van der Waals surface area contributed by atoms with Crippen LogP contribution in [0.5, 0.6) is 0 Å². The summed E-state index contributed by atoms with van der Waals surface area (Å²) in [6.45, 7) is 3.81. The lowest BCUT2D eigenvalue weighted by atomic mass is 10.1. The van der Waals surface area contributed by atoms with Gasteiger partial charge in [-0.3, -0.25) is 15.0 Å². The maximum atomic E-state index is 4.42. The van der Waals surface area contributed by atoms with Crippen molar-refractivity contribution in [2.24, 2.45) is 4.99 Å². The number of guanidine groups is 1. The molecule has 31 heavy (non-hydrogen) atoms. The Morgan fingerprint density at radius 3 is 2.61 bits per heavy atom. The van der Waals surface area contributed by atoms with E-state index in [9.17, 15) is 0 Å². The van der Waals surface area contributed by atoms with E-state index in [1.165, 1.54) is 24.7 Å².